The van der Waals surface area contributed by atoms with Crippen molar-refractivity contribution in [2.45, 2.75) is 25.8 Å². The van der Waals surface area contributed by atoms with Crippen molar-refractivity contribution in [1.82, 2.24) is 10.3 Å². The number of nitrogens with zero attached hydrogens (tertiary/aromatic N) is 1. The van der Waals surface area contributed by atoms with Crippen LogP contribution in [-0.2, 0) is 0 Å². The molecule has 60 valence electrons. The molecule has 0 aliphatic carbocycles. The highest BCUT2D eigenvalue weighted by Gasteiger charge is 2.17. The van der Waals surface area contributed by atoms with Crippen molar-refractivity contribution in [3.8, 4) is 0 Å². The topological polar surface area (TPSA) is 24.9 Å². The highest BCUT2D eigenvalue weighted by Crippen LogP contribution is 2.26. The summed E-state index contributed by atoms with van der Waals surface area (Å²) in [7, 11) is 0. The van der Waals surface area contributed by atoms with E-state index in [1.807, 2.05) is 17.5 Å². The molecule has 0 saturated carbocycles. The van der Waals surface area contributed by atoms with Crippen molar-refractivity contribution in [1.29, 1.82) is 0 Å². The number of hydrogen-bond acceptors (Lipinski definition) is 3. The molecule has 2 nitrogen and oxygen atoms in total. The Morgan fingerprint density at radius 3 is 3.18 bits per heavy atom. The van der Waals surface area contributed by atoms with Crippen LogP contribution in [0.2, 0.25) is 0 Å². The van der Waals surface area contributed by atoms with Crippen LogP contribution in [-0.4, -0.2) is 11.5 Å². The zero-order valence-electron chi connectivity index (χ0n) is 6.63. The fourth-order valence-electron chi connectivity index (χ4n) is 1.47. The van der Waals surface area contributed by atoms with Gasteiger partial charge in [-0.1, -0.05) is 0 Å². The molecule has 3 heteroatoms. The summed E-state index contributed by atoms with van der Waals surface area (Å²) in [6.45, 7) is 3.23. The highest BCUT2D eigenvalue weighted by atomic mass is 32.1. The number of aryl methyl sites for hydroxylation is 1. The van der Waals surface area contributed by atoms with Gasteiger partial charge < -0.3 is 5.32 Å². The van der Waals surface area contributed by atoms with Gasteiger partial charge in [0.2, 0.25) is 0 Å². The van der Waals surface area contributed by atoms with Crippen LogP contribution in [0, 0.1) is 6.92 Å². The lowest BCUT2D eigenvalue weighted by molar-refractivity contribution is 0.658. The van der Waals surface area contributed by atoms with E-state index in [0.29, 0.717) is 6.04 Å². The van der Waals surface area contributed by atoms with Gasteiger partial charge in [0.15, 0.2) is 0 Å². The third-order valence-corrected chi connectivity index (χ3v) is 3.07. The summed E-state index contributed by atoms with van der Waals surface area (Å²) in [6.07, 6.45) is 4.59. The Morgan fingerprint density at radius 2 is 2.64 bits per heavy atom. The summed E-state index contributed by atoms with van der Waals surface area (Å²) in [5.41, 5.74) is 0. The standard InChI is InChI=1S/C8H12N2S/c1-6-10-5-8(11-6)7-3-2-4-9-7/h5,7,9H,2-4H2,1H3. The average Bonchev–Trinajstić information content (AvgIpc) is 2.55. The van der Waals surface area contributed by atoms with Crippen LogP contribution in [0.15, 0.2) is 6.20 Å². The second kappa shape index (κ2) is 2.91. The molecule has 1 aromatic heterocycles. The normalized spacial score (nSPS) is 24.3. The van der Waals surface area contributed by atoms with E-state index in [0.717, 1.165) is 0 Å². The molecule has 11 heavy (non-hydrogen) atoms. The maximum Gasteiger partial charge on any atom is 0.0897 e. The van der Waals surface area contributed by atoms with Crippen LogP contribution in [0.1, 0.15) is 28.8 Å². The molecule has 0 amide bonds. The molecule has 1 aliphatic heterocycles. The second-order valence-electron chi connectivity index (χ2n) is 2.93. The monoisotopic (exact) mass is 168 g/mol. The van der Waals surface area contributed by atoms with Gasteiger partial charge in [0.05, 0.1) is 5.01 Å². The Labute approximate surface area is 70.7 Å². The molecule has 0 radical (unpaired) electrons. The quantitative estimate of drug-likeness (QED) is 0.692. The smallest absolute Gasteiger partial charge is 0.0897 e. The number of rotatable bonds is 1. The first kappa shape index (κ1) is 7.25. The predicted octanol–water partition coefficient (Wildman–Crippen LogP) is 1.88. The van der Waals surface area contributed by atoms with Gasteiger partial charge >= 0.3 is 0 Å². The van der Waals surface area contributed by atoms with E-state index in [-0.39, 0.29) is 0 Å². The van der Waals surface area contributed by atoms with Crippen molar-refractivity contribution < 1.29 is 0 Å². The summed E-state index contributed by atoms with van der Waals surface area (Å²) < 4.78 is 0. The first-order valence-corrected chi connectivity index (χ1v) is 4.83. The Bertz CT molecular complexity index is 238. The fraction of sp³-hybridized carbons (Fsp3) is 0.625. The number of nitrogens with one attached hydrogen (secondary N) is 1. The summed E-state index contributed by atoms with van der Waals surface area (Å²) in [5.74, 6) is 0. The van der Waals surface area contributed by atoms with Gasteiger partial charge in [0.1, 0.15) is 0 Å². The molecule has 1 aromatic rings. The Morgan fingerprint density at radius 1 is 1.73 bits per heavy atom. The van der Waals surface area contributed by atoms with Gasteiger partial charge in [-0.15, -0.1) is 11.3 Å². The molecular formula is C8H12N2S. The van der Waals surface area contributed by atoms with Gasteiger partial charge in [-0.25, -0.2) is 4.98 Å². The first-order chi connectivity index (χ1) is 5.36. The van der Waals surface area contributed by atoms with E-state index in [1.54, 1.807) is 0 Å². The Kier molecular flexibility index (Phi) is 1.92. The molecule has 1 unspecified atom stereocenters. The summed E-state index contributed by atoms with van der Waals surface area (Å²) >= 11 is 1.81. The van der Waals surface area contributed by atoms with Crippen LogP contribution < -0.4 is 5.32 Å². The van der Waals surface area contributed by atoms with E-state index in [9.17, 15) is 0 Å². The molecule has 1 aliphatic rings. The van der Waals surface area contributed by atoms with Crippen molar-refractivity contribution in [3.63, 3.8) is 0 Å². The minimum Gasteiger partial charge on any atom is -0.309 e. The third-order valence-electron chi connectivity index (χ3n) is 2.04. The van der Waals surface area contributed by atoms with Crippen LogP contribution in [0.3, 0.4) is 0 Å². The van der Waals surface area contributed by atoms with E-state index in [2.05, 4.69) is 17.2 Å². The molecule has 2 rings (SSSR count). The van der Waals surface area contributed by atoms with Gasteiger partial charge in [-0.05, 0) is 26.3 Å². The fourth-order valence-corrected chi connectivity index (χ4v) is 2.36. The second-order valence-corrected chi connectivity index (χ2v) is 4.20. The number of hydrogen-bond donors (Lipinski definition) is 1. The van der Waals surface area contributed by atoms with Gasteiger partial charge in [-0.2, -0.15) is 0 Å². The van der Waals surface area contributed by atoms with E-state index < -0.39 is 0 Å². The lowest BCUT2D eigenvalue weighted by Crippen LogP contribution is -2.11. The summed E-state index contributed by atoms with van der Waals surface area (Å²) in [4.78, 5) is 5.64. The van der Waals surface area contributed by atoms with Crippen molar-refractivity contribution >= 4 is 11.3 Å². The molecule has 0 aromatic carbocycles. The van der Waals surface area contributed by atoms with E-state index in [1.165, 1.54) is 29.3 Å². The van der Waals surface area contributed by atoms with E-state index >= 15 is 0 Å². The largest absolute Gasteiger partial charge is 0.309 e. The molecule has 0 bridgehead atoms. The molecule has 1 saturated heterocycles. The van der Waals surface area contributed by atoms with Gasteiger partial charge in [-0.3, -0.25) is 0 Å². The number of aromatic nitrogens is 1. The lowest BCUT2D eigenvalue weighted by atomic mass is 10.2. The highest BCUT2D eigenvalue weighted by molar-refractivity contribution is 7.11. The van der Waals surface area contributed by atoms with Crippen LogP contribution in [0.4, 0.5) is 0 Å². The number of thiazole rings is 1. The van der Waals surface area contributed by atoms with Gasteiger partial charge in [0.25, 0.3) is 0 Å². The zero-order chi connectivity index (χ0) is 7.68. The first-order valence-electron chi connectivity index (χ1n) is 4.02. The molecule has 1 atom stereocenters. The Hall–Kier alpha value is -0.410. The van der Waals surface area contributed by atoms with Gasteiger partial charge in [0, 0.05) is 17.1 Å². The van der Waals surface area contributed by atoms with E-state index in [4.69, 9.17) is 0 Å². The summed E-state index contributed by atoms with van der Waals surface area (Å²) in [5, 5.41) is 4.63. The lowest BCUT2D eigenvalue weighted by Gasteiger charge is -2.04. The predicted molar refractivity (Wildman–Crippen MR) is 46.8 cm³/mol. The van der Waals surface area contributed by atoms with Crippen LogP contribution in [0.5, 0.6) is 0 Å². The minimum absolute atomic E-state index is 0.598. The minimum atomic E-state index is 0.598. The summed E-state index contributed by atoms with van der Waals surface area (Å²) in [6, 6.07) is 0.598. The molecule has 0 spiro atoms. The van der Waals surface area contributed by atoms with Crippen molar-refractivity contribution in [2.75, 3.05) is 6.54 Å². The molecule has 1 fully saturated rings. The maximum atomic E-state index is 4.24. The van der Waals surface area contributed by atoms with Crippen LogP contribution >= 0.6 is 11.3 Å². The maximum absolute atomic E-state index is 4.24. The molecular weight excluding hydrogens is 156 g/mol. The Balaban J connectivity index is 2.15. The molecule has 2 heterocycles. The molecule has 1 N–H and O–H groups in total. The van der Waals surface area contributed by atoms with Crippen LogP contribution in [0.25, 0.3) is 0 Å². The average molecular weight is 168 g/mol. The SMILES string of the molecule is Cc1ncc(C2CCCN2)s1. The van der Waals surface area contributed by atoms with Crippen molar-refractivity contribution in [2.24, 2.45) is 0 Å². The zero-order valence-corrected chi connectivity index (χ0v) is 7.45. The third kappa shape index (κ3) is 1.44. The van der Waals surface area contributed by atoms with Crippen molar-refractivity contribution in [3.05, 3.63) is 16.1 Å².